The third-order valence-corrected chi connectivity index (χ3v) is 2.76. The highest BCUT2D eigenvalue weighted by Crippen LogP contribution is 2.23. The van der Waals surface area contributed by atoms with Gasteiger partial charge in [0.25, 0.3) is 0 Å². The number of carboxylic acids is 1. The molecular formula is C13H14N2O3. The number of aliphatic hydroxyl groups is 1. The Morgan fingerprint density at radius 3 is 2.67 bits per heavy atom. The largest absolute Gasteiger partial charge is 0.476 e. The number of aryl methyl sites for hydroxylation is 1. The Bertz CT molecular complexity index is 588. The topological polar surface area (TPSA) is 75.3 Å². The Morgan fingerprint density at radius 1 is 1.39 bits per heavy atom. The monoisotopic (exact) mass is 246 g/mol. The Labute approximate surface area is 104 Å². The van der Waals surface area contributed by atoms with Crippen LogP contribution in [-0.4, -0.2) is 26.0 Å². The van der Waals surface area contributed by atoms with E-state index in [1.54, 1.807) is 14.0 Å². The Balaban J connectivity index is 2.48. The van der Waals surface area contributed by atoms with Crippen molar-refractivity contribution in [3.63, 3.8) is 0 Å². The first-order valence-corrected chi connectivity index (χ1v) is 5.55. The van der Waals surface area contributed by atoms with Gasteiger partial charge in [-0.3, -0.25) is 4.68 Å². The van der Waals surface area contributed by atoms with Crippen molar-refractivity contribution in [3.05, 3.63) is 41.6 Å². The number of carboxylic acid groups (broad SMARTS) is 1. The van der Waals surface area contributed by atoms with E-state index in [1.165, 1.54) is 10.7 Å². The van der Waals surface area contributed by atoms with Crippen LogP contribution < -0.4 is 0 Å². The predicted molar refractivity (Wildman–Crippen MR) is 66.2 cm³/mol. The van der Waals surface area contributed by atoms with Gasteiger partial charge in [-0.1, -0.05) is 18.2 Å². The number of nitrogens with zero attached hydrogens (tertiary/aromatic N) is 2. The zero-order valence-electron chi connectivity index (χ0n) is 10.2. The quantitative estimate of drug-likeness (QED) is 0.866. The fraction of sp³-hybridized carbons (Fsp3) is 0.231. The number of aromatic carboxylic acids is 1. The predicted octanol–water partition coefficient (Wildman–Crippen LogP) is 1.84. The van der Waals surface area contributed by atoms with Crippen molar-refractivity contribution in [2.24, 2.45) is 7.05 Å². The van der Waals surface area contributed by atoms with E-state index in [9.17, 15) is 9.90 Å². The summed E-state index contributed by atoms with van der Waals surface area (Å²) in [6.07, 6.45) is -0.558. The molecule has 0 spiro atoms. The van der Waals surface area contributed by atoms with Gasteiger partial charge in [-0.15, -0.1) is 0 Å². The van der Waals surface area contributed by atoms with E-state index in [0.717, 1.165) is 11.1 Å². The van der Waals surface area contributed by atoms with E-state index in [2.05, 4.69) is 5.10 Å². The third kappa shape index (κ3) is 2.26. The second-order valence-corrected chi connectivity index (χ2v) is 4.15. The molecule has 1 aromatic heterocycles. The minimum Gasteiger partial charge on any atom is -0.476 e. The molecule has 1 unspecified atom stereocenters. The Hall–Kier alpha value is -2.14. The van der Waals surface area contributed by atoms with Gasteiger partial charge in [0.2, 0.25) is 0 Å². The third-order valence-electron chi connectivity index (χ3n) is 2.76. The van der Waals surface area contributed by atoms with Crippen LogP contribution in [0.15, 0.2) is 30.3 Å². The zero-order valence-corrected chi connectivity index (χ0v) is 10.2. The minimum absolute atomic E-state index is 0.00921. The molecule has 2 N–H and O–H groups in total. The molecule has 5 heteroatoms. The lowest BCUT2D eigenvalue weighted by atomic mass is 10.0. The van der Waals surface area contributed by atoms with E-state index in [1.807, 2.05) is 24.3 Å². The molecule has 2 rings (SSSR count). The van der Waals surface area contributed by atoms with Crippen molar-refractivity contribution in [3.8, 4) is 11.3 Å². The molecule has 0 aliphatic rings. The van der Waals surface area contributed by atoms with Crippen LogP contribution in [-0.2, 0) is 7.05 Å². The fourth-order valence-electron chi connectivity index (χ4n) is 1.80. The SMILES string of the molecule is CC(O)c1cccc(-c2cc(C(=O)O)nn2C)c1. The summed E-state index contributed by atoms with van der Waals surface area (Å²) in [5.41, 5.74) is 2.33. The van der Waals surface area contributed by atoms with Gasteiger partial charge in [0, 0.05) is 12.6 Å². The van der Waals surface area contributed by atoms with E-state index < -0.39 is 12.1 Å². The van der Waals surface area contributed by atoms with Crippen LogP contribution in [0, 0.1) is 0 Å². The van der Waals surface area contributed by atoms with Gasteiger partial charge in [0.15, 0.2) is 5.69 Å². The summed E-state index contributed by atoms with van der Waals surface area (Å²) >= 11 is 0. The van der Waals surface area contributed by atoms with E-state index in [4.69, 9.17) is 5.11 Å². The van der Waals surface area contributed by atoms with Crippen molar-refractivity contribution < 1.29 is 15.0 Å². The lowest BCUT2D eigenvalue weighted by Gasteiger charge is -2.07. The van der Waals surface area contributed by atoms with Gasteiger partial charge in [0.05, 0.1) is 11.8 Å². The average Bonchev–Trinajstić information content (AvgIpc) is 2.72. The summed E-state index contributed by atoms with van der Waals surface area (Å²) < 4.78 is 1.52. The highest BCUT2D eigenvalue weighted by atomic mass is 16.4. The molecule has 0 fully saturated rings. The van der Waals surface area contributed by atoms with Gasteiger partial charge < -0.3 is 10.2 Å². The van der Waals surface area contributed by atoms with Crippen molar-refractivity contribution in [2.75, 3.05) is 0 Å². The number of aromatic nitrogens is 2. The van der Waals surface area contributed by atoms with E-state index in [-0.39, 0.29) is 5.69 Å². The highest BCUT2D eigenvalue weighted by Gasteiger charge is 2.13. The molecule has 0 radical (unpaired) electrons. The van der Waals surface area contributed by atoms with Crippen LogP contribution in [0.1, 0.15) is 29.1 Å². The van der Waals surface area contributed by atoms with Crippen LogP contribution in [0.25, 0.3) is 11.3 Å². The van der Waals surface area contributed by atoms with Gasteiger partial charge in [-0.25, -0.2) is 4.79 Å². The maximum absolute atomic E-state index is 10.9. The fourth-order valence-corrected chi connectivity index (χ4v) is 1.80. The summed E-state index contributed by atoms with van der Waals surface area (Å²) in [7, 11) is 1.69. The second kappa shape index (κ2) is 4.62. The molecule has 1 aromatic carbocycles. The van der Waals surface area contributed by atoms with Crippen molar-refractivity contribution in [1.29, 1.82) is 0 Å². The lowest BCUT2D eigenvalue weighted by molar-refractivity contribution is 0.0689. The van der Waals surface area contributed by atoms with Crippen LogP contribution >= 0.6 is 0 Å². The van der Waals surface area contributed by atoms with Gasteiger partial charge in [-0.2, -0.15) is 5.10 Å². The summed E-state index contributed by atoms with van der Waals surface area (Å²) in [4.78, 5) is 10.9. The molecule has 0 amide bonds. The molecule has 5 nitrogen and oxygen atoms in total. The van der Waals surface area contributed by atoms with E-state index >= 15 is 0 Å². The van der Waals surface area contributed by atoms with Gasteiger partial charge in [0.1, 0.15) is 0 Å². The number of rotatable bonds is 3. The molecule has 1 heterocycles. The smallest absolute Gasteiger partial charge is 0.356 e. The average molecular weight is 246 g/mol. The number of carbonyl (C=O) groups is 1. The van der Waals surface area contributed by atoms with Crippen molar-refractivity contribution in [1.82, 2.24) is 9.78 Å². The van der Waals surface area contributed by atoms with Crippen LogP contribution in [0.4, 0.5) is 0 Å². The highest BCUT2D eigenvalue weighted by molar-refractivity contribution is 5.87. The number of aliphatic hydroxyl groups excluding tert-OH is 1. The molecule has 94 valence electrons. The first kappa shape index (κ1) is 12.3. The molecule has 0 saturated heterocycles. The number of benzene rings is 1. The normalized spacial score (nSPS) is 12.4. The molecule has 1 atom stereocenters. The summed E-state index contributed by atoms with van der Waals surface area (Å²) in [5.74, 6) is -1.05. The maximum atomic E-state index is 10.9. The van der Waals surface area contributed by atoms with Gasteiger partial charge >= 0.3 is 5.97 Å². The minimum atomic E-state index is -1.05. The number of hydrogen-bond donors (Lipinski definition) is 2. The van der Waals surface area contributed by atoms with Crippen LogP contribution in [0.5, 0.6) is 0 Å². The van der Waals surface area contributed by atoms with Crippen LogP contribution in [0.2, 0.25) is 0 Å². The Morgan fingerprint density at radius 2 is 2.11 bits per heavy atom. The molecule has 2 aromatic rings. The lowest BCUT2D eigenvalue weighted by Crippen LogP contribution is -1.99. The first-order valence-electron chi connectivity index (χ1n) is 5.55. The Kier molecular flexibility index (Phi) is 3.16. The summed E-state index contributed by atoms with van der Waals surface area (Å²) in [6.45, 7) is 1.69. The molecule has 0 aliphatic carbocycles. The number of hydrogen-bond acceptors (Lipinski definition) is 3. The molecule has 0 bridgehead atoms. The summed E-state index contributed by atoms with van der Waals surface area (Å²) in [6, 6.07) is 8.85. The molecule has 18 heavy (non-hydrogen) atoms. The zero-order chi connectivity index (χ0) is 13.3. The second-order valence-electron chi connectivity index (χ2n) is 4.15. The maximum Gasteiger partial charge on any atom is 0.356 e. The van der Waals surface area contributed by atoms with Crippen LogP contribution in [0.3, 0.4) is 0 Å². The molecule has 0 aliphatic heterocycles. The van der Waals surface area contributed by atoms with Crippen molar-refractivity contribution >= 4 is 5.97 Å². The van der Waals surface area contributed by atoms with Crippen molar-refractivity contribution in [2.45, 2.75) is 13.0 Å². The summed E-state index contributed by atoms with van der Waals surface area (Å²) in [5, 5.41) is 22.4. The first-order chi connectivity index (χ1) is 8.49. The van der Waals surface area contributed by atoms with E-state index in [0.29, 0.717) is 5.69 Å². The molecular weight excluding hydrogens is 232 g/mol. The van der Waals surface area contributed by atoms with Gasteiger partial charge in [-0.05, 0) is 24.6 Å². The molecule has 0 saturated carbocycles. The standard InChI is InChI=1S/C13H14N2O3/c1-8(16)9-4-3-5-10(6-9)12-7-11(13(17)18)14-15(12)2/h3-8,16H,1-2H3,(H,17,18).